The molecule has 0 radical (unpaired) electrons. The summed E-state index contributed by atoms with van der Waals surface area (Å²) in [5.41, 5.74) is 0.820. The van der Waals surface area contributed by atoms with Gasteiger partial charge in [0.2, 0.25) is 0 Å². The Balaban J connectivity index is 2.13. The van der Waals surface area contributed by atoms with Gasteiger partial charge in [0, 0.05) is 12.5 Å². The molecule has 0 N–H and O–H groups in total. The van der Waals surface area contributed by atoms with Gasteiger partial charge in [-0.25, -0.2) is 0 Å². The third-order valence-corrected chi connectivity index (χ3v) is 3.62. The zero-order valence-electron chi connectivity index (χ0n) is 10.2. The molecule has 0 saturated heterocycles. The van der Waals surface area contributed by atoms with Gasteiger partial charge in [-0.2, -0.15) is 0 Å². The second-order valence-electron chi connectivity index (χ2n) is 3.85. The Morgan fingerprint density at radius 3 is 2.79 bits per heavy atom. The summed E-state index contributed by atoms with van der Waals surface area (Å²) in [6, 6.07) is 10.0. The molecule has 1 heterocycles. The van der Waals surface area contributed by atoms with E-state index in [1.54, 1.807) is 25.3 Å². The standard InChI is InChI=1S/C13H11NO4S/c1-18-10-4-2-3-9(7-10)8-11(15)12-5-6-13(19-12)14(16)17/h2-7H,8H2,1H3. The Bertz CT molecular complexity index is 621. The second kappa shape index (κ2) is 5.62. The fraction of sp³-hybridized carbons (Fsp3) is 0.154. The molecule has 19 heavy (non-hydrogen) atoms. The number of hydrogen-bond acceptors (Lipinski definition) is 5. The lowest BCUT2D eigenvalue weighted by Gasteiger charge is -2.02. The van der Waals surface area contributed by atoms with Crippen LogP contribution >= 0.6 is 11.3 Å². The molecule has 0 aliphatic rings. The van der Waals surface area contributed by atoms with Crippen molar-refractivity contribution in [1.29, 1.82) is 0 Å². The molecule has 1 aromatic carbocycles. The maximum atomic E-state index is 12.0. The minimum absolute atomic E-state index is 0.0195. The van der Waals surface area contributed by atoms with Crippen LogP contribution in [0.2, 0.25) is 0 Å². The van der Waals surface area contributed by atoms with Crippen LogP contribution in [0.1, 0.15) is 15.2 Å². The first-order valence-corrected chi connectivity index (χ1v) is 6.32. The van der Waals surface area contributed by atoms with Crippen molar-refractivity contribution in [3.05, 3.63) is 57.0 Å². The van der Waals surface area contributed by atoms with Crippen LogP contribution in [0.3, 0.4) is 0 Å². The highest BCUT2D eigenvalue weighted by atomic mass is 32.1. The van der Waals surface area contributed by atoms with Gasteiger partial charge in [0.1, 0.15) is 5.75 Å². The van der Waals surface area contributed by atoms with Gasteiger partial charge >= 0.3 is 5.00 Å². The molecule has 6 heteroatoms. The van der Waals surface area contributed by atoms with E-state index in [1.807, 2.05) is 6.07 Å². The maximum absolute atomic E-state index is 12.0. The predicted molar refractivity (Wildman–Crippen MR) is 72.0 cm³/mol. The van der Waals surface area contributed by atoms with Crippen molar-refractivity contribution in [3.63, 3.8) is 0 Å². The SMILES string of the molecule is COc1cccc(CC(=O)c2ccc([N+](=O)[O-])s2)c1. The highest BCUT2D eigenvalue weighted by Crippen LogP contribution is 2.25. The van der Waals surface area contributed by atoms with Gasteiger partial charge in [0.25, 0.3) is 0 Å². The van der Waals surface area contributed by atoms with E-state index in [-0.39, 0.29) is 17.2 Å². The zero-order chi connectivity index (χ0) is 13.8. The van der Waals surface area contributed by atoms with E-state index in [9.17, 15) is 14.9 Å². The van der Waals surface area contributed by atoms with E-state index >= 15 is 0 Å². The Hall–Kier alpha value is -2.21. The van der Waals surface area contributed by atoms with Crippen molar-refractivity contribution in [2.24, 2.45) is 0 Å². The highest BCUT2D eigenvalue weighted by Gasteiger charge is 2.15. The van der Waals surface area contributed by atoms with Gasteiger partial charge in [-0.1, -0.05) is 23.5 Å². The van der Waals surface area contributed by atoms with Crippen LogP contribution < -0.4 is 4.74 Å². The first kappa shape index (κ1) is 13.2. The van der Waals surface area contributed by atoms with Crippen molar-refractivity contribution in [1.82, 2.24) is 0 Å². The number of rotatable bonds is 5. The number of thiophene rings is 1. The molecule has 2 aromatic rings. The first-order chi connectivity index (χ1) is 9.10. The number of nitro groups is 1. The number of ketones is 1. The molecule has 0 fully saturated rings. The van der Waals surface area contributed by atoms with Gasteiger partial charge < -0.3 is 4.74 Å². The number of ether oxygens (including phenoxy) is 1. The molecule has 0 amide bonds. The molecule has 98 valence electrons. The molecule has 0 unspecified atom stereocenters. The van der Waals surface area contributed by atoms with Crippen LogP contribution in [0.4, 0.5) is 5.00 Å². The maximum Gasteiger partial charge on any atom is 0.324 e. The number of carbonyl (C=O) groups is 1. The van der Waals surface area contributed by atoms with E-state index in [0.717, 1.165) is 16.9 Å². The Kier molecular flexibility index (Phi) is 3.91. The average Bonchev–Trinajstić information content (AvgIpc) is 2.89. The minimum atomic E-state index is -0.493. The summed E-state index contributed by atoms with van der Waals surface area (Å²) in [5.74, 6) is 0.550. The van der Waals surface area contributed by atoms with Gasteiger partial charge in [-0.05, 0) is 23.8 Å². The van der Waals surface area contributed by atoms with E-state index in [2.05, 4.69) is 0 Å². The Morgan fingerprint density at radius 1 is 1.37 bits per heavy atom. The Labute approximate surface area is 113 Å². The largest absolute Gasteiger partial charge is 0.497 e. The first-order valence-electron chi connectivity index (χ1n) is 5.50. The van der Waals surface area contributed by atoms with E-state index in [1.165, 1.54) is 12.1 Å². The third kappa shape index (κ3) is 3.17. The molecule has 0 saturated carbocycles. The Morgan fingerprint density at radius 2 is 2.16 bits per heavy atom. The average molecular weight is 277 g/mol. The van der Waals surface area contributed by atoms with Gasteiger partial charge in [0.15, 0.2) is 5.78 Å². The molecular formula is C13H11NO4S. The molecule has 5 nitrogen and oxygen atoms in total. The van der Waals surface area contributed by atoms with Crippen molar-refractivity contribution >= 4 is 22.1 Å². The monoisotopic (exact) mass is 277 g/mol. The van der Waals surface area contributed by atoms with Gasteiger partial charge in [0.05, 0.1) is 16.9 Å². The molecule has 0 bridgehead atoms. The summed E-state index contributed by atoms with van der Waals surface area (Å²) in [7, 11) is 1.56. The lowest BCUT2D eigenvalue weighted by atomic mass is 10.1. The van der Waals surface area contributed by atoms with Crippen molar-refractivity contribution in [2.75, 3.05) is 7.11 Å². The normalized spacial score (nSPS) is 10.2. The fourth-order valence-electron chi connectivity index (χ4n) is 1.63. The summed E-state index contributed by atoms with van der Waals surface area (Å²) in [6.45, 7) is 0. The fourth-order valence-corrected chi connectivity index (χ4v) is 2.39. The molecule has 0 aliphatic heterocycles. The predicted octanol–water partition coefficient (Wildman–Crippen LogP) is 3.09. The minimum Gasteiger partial charge on any atom is -0.497 e. The van der Waals surface area contributed by atoms with Crippen LogP contribution in [-0.4, -0.2) is 17.8 Å². The van der Waals surface area contributed by atoms with Crippen molar-refractivity contribution in [2.45, 2.75) is 6.42 Å². The molecule has 0 atom stereocenters. The van der Waals surface area contributed by atoms with Crippen molar-refractivity contribution < 1.29 is 14.5 Å². The highest BCUT2D eigenvalue weighted by molar-refractivity contribution is 7.17. The van der Waals surface area contributed by atoms with Gasteiger partial charge in [-0.3, -0.25) is 14.9 Å². The number of benzene rings is 1. The lowest BCUT2D eigenvalue weighted by molar-refractivity contribution is -0.380. The lowest BCUT2D eigenvalue weighted by Crippen LogP contribution is -2.01. The number of hydrogen-bond donors (Lipinski definition) is 0. The molecule has 2 rings (SSSR count). The second-order valence-corrected chi connectivity index (χ2v) is 4.91. The summed E-state index contributed by atoms with van der Waals surface area (Å²) >= 11 is 0.898. The van der Waals surface area contributed by atoms with Crippen LogP contribution in [0.5, 0.6) is 5.75 Å². The van der Waals surface area contributed by atoms with Crippen LogP contribution in [0.25, 0.3) is 0 Å². The number of Topliss-reactive ketones (excluding diaryl/α,β-unsaturated/α-hetero) is 1. The van der Waals surface area contributed by atoms with E-state index in [0.29, 0.717) is 10.6 Å². The van der Waals surface area contributed by atoms with E-state index in [4.69, 9.17) is 4.74 Å². The van der Waals surface area contributed by atoms with E-state index < -0.39 is 4.92 Å². The quantitative estimate of drug-likeness (QED) is 0.478. The van der Waals surface area contributed by atoms with Crippen LogP contribution in [0, 0.1) is 10.1 Å². The topological polar surface area (TPSA) is 69.4 Å². The van der Waals surface area contributed by atoms with Crippen LogP contribution in [-0.2, 0) is 6.42 Å². The molecule has 1 aromatic heterocycles. The summed E-state index contributed by atoms with van der Waals surface area (Å²) in [5, 5.41) is 10.5. The molecule has 0 aliphatic carbocycles. The number of methoxy groups -OCH3 is 1. The molecular weight excluding hydrogens is 266 g/mol. The third-order valence-electron chi connectivity index (χ3n) is 2.55. The zero-order valence-corrected chi connectivity index (χ0v) is 11.0. The summed E-state index contributed by atoms with van der Waals surface area (Å²) in [6.07, 6.45) is 0.203. The number of carbonyl (C=O) groups excluding carboxylic acids is 1. The molecule has 0 spiro atoms. The van der Waals surface area contributed by atoms with Crippen LogP contribution in [0.15, 0.2) is 36.4 Å². The summed E-state index contributed by atoms with van der Waals surface area (Å²) in [4.78, 5) is 22.5. The smallest absolute Gasteiger partial charge is 0.324 e. The van der Waals surface area contributed by atoms with Gasteiger partial charge in [-0.15, -0.1) is 0 Å². The summed E-state index contributed by atoms with van der Waals surface area (Å²) < 4.78 is 5.08. The van der Waals surface area contributed by atoms with Crippen molar-refractivity contribution in [3.8, 4) is 5.75 Å². The number of nitrogens with zero attached hydrogens (tertiary/aromatic N) is 1.